The summed E-state index contributed by atoms with van der Waals surface area (Å²) in [6, 6.07) is 7.15. The highest BCUT2D eigenvalue weighted by molar-refractivity contribution is 6.17. The minimum atomic E-state index is -0.164. The molecule has 82 valence electrons. The average molecular weight is 236 g/mol. The lowest BCUT2D eigenvalue weighted by Crippen LogP contribution is -2.11. The molecule has 0 atom stereocenters. The third-order valence-corrected chi connectivity index (χ3v) is 2.44. The van der Waals surface area contributed by atoms with E-state index in [0.717, 1.165) is 5.56 Å². The van der Waals surface area contributed by atoms with Gasteiger partial charge >= 0.3 is 0 Å². The van der Waals surface area contributed by atoms with Crippen LogP contribution in [0.4, 0.5) is 5.69 Å². The minimum absolute atomic E-state index is 0.164. The van der Waals surface area contributed by atoms with Gasteiger partial charge in [0.15, 0.2) is 0 Å². The molecule has 1 aromatic heterocycles. The van der Waals surface area contributed by atoms with Crippen LogP contribution < -0.4 is 5.32 Å². The van der Waals surface area contributed by atoms with Crippen molar-refractivity contribution in [2.75, 3.05) is 5.32 Å². The van der Waals surface area contributed by atoms with Gasteiger partial charge in [0.2, 0.25) is 0 Å². The number of hydrogen-bond donors (Lipinski definition) is 2. The summed E-state index contributed by atoms with van der Waals surface area (Å²) in [6.07, 6.45) is 3.16. The summed E-state index contributed by atoms with van der Waals surface area (Å²) in [5, 5.41) is 9.07. The van der Waals surface area contributed by atoms with Gasteiger partial charge in [0.25, 0.3) is 5.91 Å². The largest absolute Gasteiger partial charge is 0.319 e. The molecule has 1 aromatic carbocycles. The van der Waals surface area contributed by atoms with Crippen molar-refractivity contribution in [1.29, 1.82) is 0 Å². The Morgan fingerprint density at radius 1 is 1.38 bits per heavy atom. The molecule has 1 heterocycles. The van der Waals surface area contributed by atoms with Gasteiger partial charge in [-0.3, -0.25) is 9.89 Å². The highest BCUT2D eigenvalue weighted by Gasteiger charge is 2.05. The molecule has 16 heavy (non-hydrogen) atoms. The van der Waals surface area contributed by atoms with Crippen LogP contribution in [0.5, 0.6) is 0 Å². The molecule has 0 saturated carbocycles. The zero-order valence-corrected chi connectivity index (χ0v) is 9.16. The van der Waals surface area contributed by atoms with Crippen LogP contribution in [-0.2, 0) is 5.88 Å². The van der Waals surface area contributed by atoms with E-state index in [4.69, 9.17) is 11.6 Å². The van der Waals surface area contributed by atoms with Crippen LogP contribution in [0.2, 0.25) is 0 Å². The van der Waals surface area contributed by atoms with Gasteiger partial charge in [0.05, 0.1) is 11.9 Å². The number of amides is 1. The molecule has 2 rings (SSSR count). The second-order valence-corrected chi connectivity index (χ2v) is 3.54. The molecule has 2 N–H and O–H groups in total. The van der Waals surface area contributed by atoms with Gasteiger partial charge in [-0.1, -0.05) is 12.1 Å². The van der Waals surface area contributed by atoms with E-state index < -0.39 is 0 Å². The van der Waals surface area contributed by atoms with Crippen molar-refractivity contribution in [2.45, 2.75) is 5.88 Å². The summed E-state index contributed by atoms with van der Waals surface area (Å²) < 4.78 is 0. The monoisotopic (exact) mass is 235 g/mol. The van der Waals surface area contributed by atoms with Crippen LogP contribution >= 0.6 is 11.6 Å². The van der Waals surface area contributed by atoms with Gasteiger partial charge in [0.1, 0.15) is 0 Å². The van der Waals surface area contributed by atoms with E-state index in [1.807, 2.05) is 12.1 Å². The molecule has 0 aliphatic rings. The fourth-order valence-corrected chi connectivity index (χ4v) is 1.45. The second-order valence-electron chi connectivity index (χ2n) is 3.27. The van der Waals surface area contributed by atoms with E-state index in [9.17, 15) is 4.79 Å². The second kappa shape index (κ2) is 4.81. The van der Waals surface area contributed by atoms with Crippen LogP contribution in [0.15, 0.2) is 36.7 Å². The Morgan fingerprint density at radius 2 is 2.12 bits per heavy atom. The number of aromatic nitrogens is 2. The molecule has 0 bridgehead atoms. The maximum Gasteiger partial charge on any atom is 0.255 e. The molecular formula is C11H10ClN3O. The van der Waals surface area contributed by atoms with E-state index in [2.05, 4.69) is 15.5 Å². The first-order valence-corrected chi connectivity index (χ1v) is 5.28. The Labute approximate surface area is 97.6 Å². The zero-order chi connectivity index (χ0) is 11.4. The summed E-state index contributed by atoms with van der Waals surface area (Å²) >= 11 is 5.66. The van der Waals surface area contributed by atoms with Gasteiger partial charge in [-0.2, -0.15) is 5.10 Å². The van der Waals surface area contributed by atoms with Gasteiger partial charge in [-0.15, -0.1) is 11.6 Å². The molecule has 0 fully saturated rings. The highest BCUT2D eigenvalue weighted by Crippen LogP contribution is 2.09. The molecule has 0 aliphatic heterocycles. The van der Waals surface area contributed by atoms with E-state index in [1.54, 1.807) is 24.5 Å². The number of H-pyrrole nitrogens is 1. The average Bonchev–Trinajstić information content (AvgIpc) is 2.82. The van der Waals surface area contributed by atoms with E-state index in [-0.39, 0.29) is 5.91 Å². The molecule has 2 aromatic rings. The zero-order valence-electron chi connectivity index (χ0n) is 8.40. The summed E-state index contributed by atoms with van der Waals surface area (Å²) in [4.78, 5) is 11.7. The molecule has 0 aliphatic carbocycles. The number of alkyl halides is 1. The maximum atomic E-state index is 11.7. The Morgan fingerprint density at radius 3 is 2.69 bits per heavy atom. The molecular weight excluding hydrogens is 226 g/mol. The normalized spacial score (nSPS) is 10.1. The number of carbonyl (C=O) groups is 1. The third-order valence-electron chi connectivity index (χ3n) is 2.13. The lowest BCUT2D eigenvalue weighted by molar-refractivity contribution is 0.102. The predicted octanol–water partition coefficient (Wildman–Crippen LogP) is 2.40. The van der Waals surface area contributed by atoms with E-state index in [0.29, 0.717) is 17.1 Å². The first-order valence-electron chi connectivity index (χ1n) is 4.74. The van der Waals surface area contributed by atoms with Crippen LogP contribution in [0.3, 0.4) is 0 Å². The Hall–Kier alpha value is -1.81. The first-order chi connectivity index (χ1) is 7.79. The molecule has 0 unspecified atom stereocenters. The van der Waals surface area contributed by atoms with Crippen molar-refractivity contribution in [3.05, 3.63) is 47.8 Å². The Kier molecular flexibility index (Phi) is 3.22. The quantitative estimate of drug-likeness (QED) is 0.803. The number of hydrogen-bond acceptors (Lipinski definition) is 2. The Balaban J connectivity index is 2.09. The fraction of sp³-hybridized carbons (Fsp3) is 0.0909. The number of carbonyl (C=O) groups excluding carboxylic acids is 1. The SMILES string of the molecule is O=C(Nc1cn[nH]c1)c1ccc(CCl)cc1. The van der Waals surface area contributed by atoms with Crippen LogP contribution in [0.25, 0.3) is 0 Å². The number of nitrogens with one attached hydrogen (secondary N) is 2. The van der Waals surface area contributed by atoms with Crippen LogP contribution in [-0.4, -0.2) is 16.1 Å². The van der Waals surface area contributed by atoms with Gasteiger partial charge in [0, 0.05) is 17.6 Å². The van der Waals surface area contributed by atoms with Crippen molar-refractivity contribution in [3.63, 3.8) is 0 Å². The number of rotatable bonds is 3. The summed E-state index contributed by atoms with van der Waals surface area (Å²) in [7, 11) is 0. The minimum Gasteiger partial charge on any atom is -0.319 e. The van der Waals surface area contributed by atoms with Crippen molar-refractivity contribution in [2.24, 2.45) is 0 Å². The molecule has 0 spiro atoms. The smallest absolute Gasteiger partial charge is 0.255 e. The topological polar surface area (TPSA) is 57.8 Å². The van der Waals surface area contributed by atoms with E-state index >= 15 is 0 Å². The van der Waals surface area contributed by atoms with E-state index in [1.165, 1.54) is 0 Å². The number of aromatic amines is 1. The van der Waals surface area contributed by atoms with Crippen molar-refractivity contribution in [1.82, 2.24) is 10.2 Å². The number of benzene rings is 1. The first kappa shape index (κ1) is 10.7. The third kappa shape index (κ3) is 2.41. The van der Waals surface area contributed by atoms with Crippen LogP contribution in [0.1, 0.15) is 15.9 Å². The molecule has 4 nitrogen and oxygen atoms in total. The number of anilines is 1. The standard InChI is InChI=1S/C11H10ClN3O/c12-5-8-1-3-9(4-2-8)11(16)15-10-6-13-14-7-10/h1-4,6-7H,5H2,(H,13,14)(H,15,16). The van der Waals surface area contributed by atoms with Crippen molar-refractivity contribution < 1.29 is 4.79 Å². The predicted molar refractivity (Wildman–Crippen MR) is 62.5 cm³/mol. The summed E-state index contributed by atoms with van der Waals surface area (Å²) in [6.45, 7) is 0. The Bertz CT molecular complexity index is 464. The van der Waals surface area contributed by atoms with Gasteiger partial charge in [-0.05, 0) is 17.7 Å². The molecule has 1 amide bonds. The lowest BCUT2D eigenvalue weighted by atomic mass is 10.1. The number of halogens is 1. The number of nitrogens with zero attached hydrogens (tertiary/aromatic N) is 1. The van der Waals surface area contributed by atoms with Gasteiger partial charge in [-0.25, -0.2) is 0 Å². The van der Waals surface area contributed by atoms with Crippen LogP contribution in [0, 0.1) is 0 Å². The lowest BCUT2D eigenvalue weighted by Gasteiger charge is -2.02. The molecule has 0 saturated heterocycles. The summed E-state index contributed by atoms with van der Waals surface area (Å²) in [5.41, 5.74) is 2.23. The highest BCUT2D eigenvalue weighted by atomic mass is 35.5. The molecule has 0 radical (unpaired) electrons. The fourth-order valence-electron chi connectivity index (χ4n) is 1.27. The van der Waals surface area contributed by atoms with Crippen molar-refractivity contribution >= 4 is 23.2 Å². The van der Waals surface area contributed by atoms with Gasteiger partial charge < -0.3 is 5.32 Å². The summed E-state index contributed by atoms with van der Waals surface area (Å²) in [5.74, 6) is 0.284. The van der Waals surface area contributed by atoms with Crippen molar-refractivity contribution in [3.8, 4) is 0 Å². The molecule has 5 heteroatoms. The maximum absolute atomic E-state index is 11.7.